The molecule has 2 rings (SSSR count). The zero-order chi connectivity index (χ0) is 14.5. The van der Waals surface area contributed by atoms with Gasteiger partial charge in [-0.25, -0.2) is 0 Å². The van der Waals surface area contributed by atoms with Gasteiger partial charge in [-0.05, 0) is 42.4 Å². The first-order chi connectivity index (χ1) is 9.58. The molecule has 2 unspecified atom stereocenters. The highest BCUT2D eigenvalue weighted by Gasteiger charge is 2.26. The number of rotatable bonds is 5. The van der Waals surface area contributed by atoms with Crippen LogP contribution in [-0.4, -0.2) is 11.9 Å². The molecule has 0 radical (unpaired) electrons. The van der Waals surface area contributed by atoms with E-state index in [2.05, 4.69) is 19.2 Å². The molecule has 20 heavy (non-hydrogen) atoms. The van der Waals surface area contributed by atoms with Gasteiger partial charge in [0.2, 0.25) is 5.91 Å². The van der Waals surface area contributed by atoms with Crippen molar-refractivity contribution >= 4 is 5.91 Å². The molecule has 0 aliphatic heterocycles. The summed E-state index contributed by atoms with van der Waals surface area (Å²) in [7, 11) is 0. The molecule has 1 aromatic rings. The zero-order valence-electron chi connectivity index (χ0n) is 12.6. The van der Waals surface area contributed by atoms with Crippen LogP contribution in [0.25, 0.3) is 0 Å². The van der Waals surface area contributed by atoms with Gasteiger partial charge in [-0.1, -0.05) is 38.8 Å². The summed E-state index contributed by atoms with van der Waals surface area (Å²) >= 11 is 0. The first-order valence-electron chi connectivity index (χ1n) is 7.70. The van der Waals surface area contributed by atoms with Crippen LogP contribution in [0.5, 0.6) is 0 Å². The summed E-state index contributed by atoms with van der Waals surface area (Å²) in [4.78, 5) is 11.2. The van der Waals surface area contributed by atoms with E-state index in [1.165, 1.54) is 25.7 Å². The van der Waals surface area contributed by atoms with E-state index in [9.17, 15) is 4.79 Å². The fourth-order valence-electron chi connectivity index (χ4n) is 3.29. The second-order valence-corrected chi connectivity index (χ2v) is 6.24. The number of nitrogens with one attached hydrogen (secondary N) is 1. The molecular formula is C17H26N2O. The van der Waals surface area contributed by atoms with Crippen LogP contribution in [0.1, 0.15) is 55.5 Å². The van der Waals surface area contributed by atoms with Gasteiger partial charge in [-0.15, -0.1) is 0 Å². The molecule has 3 N–H and O–H groups in total. The molecule has 0 bridgehead atoms. The molecule has 1 aliphatic rings. The molecule has 0 heterocycles. The highest BCUT2D eigenvalue weighted by Crippen LogP contribution is 2.30. The Bertz CT molecular complexity index is 456. The van der Waals surface area contributed by atoms with Crippen molar-refractivity contribution in [2.45, 2.75) is 52.1 Å². The maximum atomic E-state index is 11.2. The van der Waals surface area contributed by atoms with Crippen LogP contribution >= 0.6 is 0 Å². The number of hydrogen-bond acceptors (Lipinski definition) is 2. The molecule has 1 fully saturated rings. The van der Waals surface area contributed by atoms with Crippen molar-refractivity contribution in [1.29, 1.82) is 0 Å². The van der Waals surface area contributed by atoms with Gasteiger partial charge in [0.15, 0.2) is 0 Å². The van der Waals surface area contributed by atoms with Crippen molar-refractivity contribution in [1.82, 2.24) is 5.32 Å². The minimum absolute atomic E-state index is 0.357. The van der Waals surface area contributed by atoms with Gasteiger partial charge in [0.1, 0.15) is 0 Å². The van der Waals surface area contributed by atoms with E-state index in [0.29, 0.717) is 11.6 Å². The fraction of sp³-hybridized carbons (Fsp3) is 0.588. The van der Waals surface area contributed by atoms with Crippen molar-refractivity contribution in [3.63, 3.8) is 0 Å². The van der Waals surface area contributed by atoms with E-state index >= 15 is 0 Å². The van der Waals surface area contributed by atoms with Gasteiger partial charge >= 0.3 is 0 Å². The largest absolute Gasteiger partial charge is 0.366 e. The predicted octanol–water partition coefficient (Wildman–Crippen LogP) is 3.09. The normalized spacial score (nSPS) is 22.9. The summed E-state index contributed by atoms with van der Waals surface area (Å²) in [5, 5.41) is 3.68. The number of hydrogen-bond donors (Lipinski definition) is 2. The molecule has 1 amide bonds. The molecule has 1 saturated carbocycles. The van der Waals surface area contributed by atoms with Gasteiger partial charge in [-0.2, -0.15) is 0 Å². The van der Waals surface area contributed by atoms with Crippen molar-refractivity contribution < 1.29 is 4.79 Å². The summed E-state index contributed by atoms with van der Waals surface area (Å²) in [6, 6.07) is 8.21. The quantitative estimate of drug-likeness (QED) is 0.867. The predicted molar refractivity (Wildman–Crippen MR) is 82.4 cm³/mol. The standard InChI is InChI=1S/C17H26N2O/c1-12(2)15-8-3-4-9-16(15)19-11-13-6-5-7-14(10-13)17(18)20/h5-7,10,12,15-16,19H,3-4,8-9,11H2,1-2H3,(H2,18,20). The van der Waals surface area contributed by atoms with Crippen LogP contribution in [0.15, 0.2) is 24.3 Å². The number of benzene rings is 1. The third kappa shape index (κ3) is 3.83. The molecule has 0 aromatic heterocycles. The number of carbonyl (C=O) groups is 1. The maximum Gasteiger partial charge on any atom is 0.248 e. The van der Waals surface area contributed by atoms with Crippen LogP contribution in [0, 0.1) is 11.8 Å². The maximum absolute atomic E-state index is 11.2. The number of amides is 1. The zero-order valence-corrected chi connectivity index (χ0v) is 12.6. The Morgan fingerprint density at radius 1 is 1.35 bits per heavy atom. The molecule has 3 nitrogen and oxygen atoms in total. The Labute approximate surface area is 121 Å². The lowest BCUT2D eigenvalue weighted by molar-refractivity contribution is 0.1000. The van der Waals surface area contributed by atoms with E-state index < -0.39 is 0 Å². The van der Waals surface area contributed by atoms with E-state index in [1.807, 2.05) is 18.2 Å². The van der Waals surface area contributed by atoms with E-state index in [4.69, 9.17) is 5.73 Å². The Hall–Kier alpha value is -1.35. The molecule has 2 atom stereocenters. The van der Waals surface area contributed by atoms with E-state index in [0.717, 1.165) is 23.9 Å². The van der Waals surface area contributed by atoms with Gasteiger partial charge in [0, 0.05) is 18.2 Å². The molecule has 0 spiro atoms. The van der Waals surface area contributed by atoms with E-state index in [1.54, 1.807) is 6.07 Å². The Kier molecular flexibility index (Phi) is 5.18. The fourth-order valence-corrected chi connectivity index (χ4v) is 3.29. The second kappa shape index (κ2) is 6.89. The molecular weight excluding hydrogens is 248 g/mol. The monoisotopic (exact) mass is 274 g/mol. The molecule has 3 heteroatoms. The third-order valence-corrected chi connectivity index (χ3v) is 4.46. The summed E-state index contributed by atoms with van der Waals surface area (Å²) in [6.45, 7) is 5.45. The van der Waals surface area contributed by atoms with Crippen molar-refractivity contribution in [2.24, 2.45) is 17.6 Å². The first kappa shape index (κ1) is 15.0. The van der Waals surface area contributed by atoms with E-state index in [-0.39, 0.29) is 5.91 Å². The average molecular weight is 274 g/mol. The number of primary amides is 1. The highest BCUT2D eigenvalue weighted by atomic mass is 16.1. The van der Waals surface area contributed by atoms with Gasteiger partial charge in [0.25, 0.3) is 0 Å². The van der Waals surface area contributed by atoms with Gasteiger partial charge in [0.05, 0.1) is 0 Å². The lowest BCUT2D eigenvalue weighted by Crippen LogP contribution is -2.40. The number of carbonyl (C=O) groups excluding carboxylic acids is 1. The molecule has 110 valence electrons. The van der Waals surface area contributed by atoms with Crippen molar-refractivity contribution in [3.8, 4) is 0 Å². The van der Waals surface area contributed by atoms with Crippen LogP contribution in [0.2, 0.25) is 0 Å². The first-order valence-corrected chi connectivity index (χ1v) is 7.70. The minimum atomic E-state index is -0.357. The van der Waals surface area contributed by atoms with Crippen LogP contribution in [0.4, 0.5) is 0 Å². The van der Waals surface area contributed by atoms with Crippen LogP contribution < -0.4 is 11.1 Å². The summed E-state index contributed by atoms with van der Waals surface area (Å²) in [6.07, 6.45) is 5.27. The minimum Gasteiger partial charge on any atom is -0.366 e. The Morgan fingerprint density at radius 3 is 2.80 bits per heavy atom. The topological polar surface area (TPSA) is 55.1 Å². The van der Waals surface area contributed by atoms with Crippen LogP contribution in [-0.2, 0) is 6.54 Å². The summed E-state index contributed by atoms with van der Waals surface area (Å²) in [5.74, 6) is 1.14. The third-order valence-electron chi connectivity index (χ3n) is 4.46. The SMILES string of the molecule is CC(C)C1CCCCC1NCc1cccc(C(N)=O)c1. The van der Waals surface area contributed by atoms with Gasteiger partial charge in [-0.3, -0.25) is 4.79 Å². The van der Waals surface area contributed by atoms with Crippen molar-refractivity contribution in [2.75, 3.05) is 0 Å². The Balaban J connectivity index is 1.96. The number of nitrogens with two attached hydrogens (primary N) is 1. The molecule has 1 aliphatic carbocycles. The summed E-state index contributed by atoms with van der Waals surface area (Å²) < 4.78 is 0. The lowest BCUT2D eigenvalue weighted by Gasteiger charge is -2.35. The van der Waals surface area contributed by atoms with Crippen LogP contribution in [0.3, 0.4) is 0 Å². The van der Waals surface area contributed by atoms with Gasteiger partial charge < -0.3 is 11.1 Å². The van der Waals surface area contributed by atoms with Crippen molar-refractivity contribution in [3.05, 3.63) is 35.4 Å². The Morgan fingerprint density at radius 2 is 2.10 bits per heavy atom. The summed E-state index contributed by atoms with van der Waals surface area (Å²) in [5.41, 5.74) is 7.05. The highest BCUT2D eigenvalue weighted by molar-refractivity contribution is 5.92. The lowest BCUT2D eigenvalue weighted by atomic mass is 9.78. The second-order valence-electron chi connectivity index (χ2n) is 6.24. The average Bonchev–Trinajstić information content (AvgIpc) is 2.45. The smallest absolute Gasteiger partial charge is 0.248 e. The molecule has 1 aromatic carbocycles. The molecule has 0 saturated heterocycles.